The first-order valence-corrected chi connectivity index (χ1v) is 9.46. The number of carbonyl (C=O) groups is 1. The van der Waals surface area contributed by atoms with Crippen molar-refractivity contribution in [3.8, 4) is 5.69 Å². The summed E-state index contributed by atoms with van der Waals surface area (Å²) < 4.78 is 28.9. The van der Waals surface area contributed by atoms with E-state index in [1.54, 1.807) is 31.3 Å². The monoisotopic (exact) mass is 401 g/mol. The van der Waals surface area contributed by atoms with Crippen LogP contribution < -0.4 is 4.72 Å². The molecule has 2 N–H and O–H groups in total. The molecule has 0 aliphatic heterocycles. The second-order valence-electron chi connectivity index (χ2n) is 5.93. The van der Waals surface area contributed by atoms with Crippen LogP contribution in [0, 0.1) is 17.0 Å². The van der Waals surface area contributed by atoms with Crippen molar-refractivity contribution in [2.24, 2.45) is 0 Å². The van der Waals surface area contributed by atoms with Crippen molar-refractivity contribution >= 4 is 27.4 Å². The molecule has 0 radical (unpaired) electrons. The number of hydrogen-bond acceptors (Lipinski definition) is 5. The Morgan fingerprint density at radius 2 is 1.82 bits per heavy atom. The molecule has 1 aromatic heterocycles. The zero-order chi connectivity index (χ0) is 20.5. The van der Waals surface area contributed by atoms with Gasteiger partial charge in [-0.05, 0) is 55.0 Å². The molecule has 0 saturated heterocycles. The fraction of sp³-hybridized carbons (Fsp3) is 0.0556. The lowest BCUT2D eigenvalue weighted by atomic mass is 10.1. The summed E-state index contributed by atoms with van der Waals surface area (Å²) in [5.41, 5.74) is 1.41. The third kappa shape index (κ3) is 3.71. The van der Waals surface area contributed by atoms with Gasteiger partial charge in [0, 0.05) is 29.7 Å². The third-order valence-corrected chi connectivity index (χ3v) is 5.43. The smallest absolute Gasteiger partial charge is 0.352 e. The number of hydrogen-bond donors (Lipinski definition) is 2. The summed E-state index contributed by atoms with van der Waals surface area (Å²) in [4.78, 5) is 21.3. The van der Waals surface area contributed by atoms with E-state index in [4.69, 9.17) is 0 Å². The number of non-ortho nitro benzene ring substituents is 1. The van der Waals surface area contributed by atoms with Crippen LogP contribution in [0.5, 0.6) is 0 Å². The standard InChI is InChI=1S/C18H15N3O6S/c1-12-11-13(4-9-16(12)20-10-2-3-17(20)18(22)23)19-28(26,27)15-7-5-14(6-8-15)21(24)25/h2-11,19H,1H3,(H,22,23). The van der Waals surface area contributed by atoms with Crippen molar-refractivity contribution in [3.05, 3.63) is 82.2 Å². The number of aromatic carboxylic acids is 1. The van der Waals surface area contributed by atoms with Crippen molar-refractivity contribution in [2.45, 2.75) is 11.8 Å². The molecule has 0 saturated carbocycles. The Morgan fingerprint density at radius 1 is 1.14 bits per heavy atom. The summed E-state index contributed by atoms with van der Waals surface area (Å²) in [6.45, 7) is 1.73. The zero-order valence-corrected chi connectivity index (χ0v) is 15.4. The molecule has 3 aromatic rings. The number of carboxylic acids is 1. The lowest BCUT2D eigenvalue weighted by Gasteiger charge is -2.13. The molecule has 0 bridgehead atoms. The van der Waals surface area contributed by atoms with E-state index in [0.717, 1.165) is 24.3 Å². The Kier molecular flexibility index (Phi) is 4.89. The summed E-state index contributed by atoms with van der Waals surface area (Å²) in [5.74, 6) is -1.08. The van der Waals surface area contributed by atoms with Gasteiger partial charge >= 0.3 is 5.97 Å². The van der Waals surface area contributed by atoms with Crippen LogP contribution in [0.15, 0.2) is 65.7 Å². The normalized spacial score (nSPS) is 11.2. The summed E-state index contributed by atoms with van der Waals surface area (Å²) in [6, 6.07) is 12.3. The van der Waals surface area contributed by atoms with Gasteiger partial charge in [-0.3, -0.25) is 14.8 Å². The number of aryl methyl sites for hydroxylation is 1. The molecule has 9 nitrogen and oxygen atoms in total. The molecule has 0 fully saturated rings. The first kappa shape index (κ1) is 19.1. The van der Waals surface area contributed by atoms with Crippen molar-refractivity contribution in [3.63, 3.8) is 0 Å². The molecular weight excluding hydrogens is 386 g/mol. The molecule has 0 aliphatic rings. The largest absolute Gasteiger partial charge is 0.477 e. The molecule has 0 spiro atoms. The van der Waals surface area contributed by atoms with Gasteiger partial charge in [0.1, 0.15) is 5.69 Å². The maximum atomic E-state index is 12.5. The second-order valence-corrected chi connectivity index (χ2v) is 7.61. The van der Waals surface area contributed by atoms with Crippen LogP contribution in [0.1, 0.15) is 16.1 Å². The van der Waals surface area contributed by atoms with Crippen molar-refractivity contribution in [2.75, 3.05) is 4.72 Å². The summed E-state index contributed by atoms with van der Waals surface area (Å²) in [6.07, 6.45) is 1.60. The van der Waals surface area contributed by atoms with E-state index in [1.807, 2.05) is 0 Å². The van der Waals surface area contributed by atoms with Gasteiger partial charge in [0.25, 0.3) is 15.7 Å². The van der Waals surface area contributed by atoms with Gasteiger partial charge in [-0.25, -0.2) is 13.2 Å². The van der Waals surface area contributed by atoms with Crippen LogP contribution in [-0.2, 0) is 10.0 Å². The number of nitrogens with zero attached hydrogens (tertiary/aromatic N) is 2. The third-order valence-electron chi connectivity index (χ3n) is 4.03. The van der Waals surface area contributed by atoms with Crippen molar-refractivity contribution < 1.29 is 23.2 Å². The average molecular weight is 401 g/mol. The molecule has 28 heavy (non-hydrogen) atoms. The minimum atomic E-state index is -3.93. The lowest BCUT2D eigenvalue weighted by Crippen LogP contribution is -2.13. The van der Waals surface area contributed by atoms with Gasteiger partial charge in [-0.2, -0.15) is 0 Å². The summed E-state index contributed by atoms with van der Waals surface area (Å²) >= 11 is 0. The molecule has 3 rings (SSSR count). The van der Waals surface area contributed by atoms with Crippen LogP contribution in [0.25, 0.3) is 5.69 Å². The lowest BCUT2D eigenvalue weighted by molar-refractivity contribution is -0.384. The Hall–Kier alpha value is -3.66. The molecule has 0 atom stereocenters. The first-order chi connectivity index (χ1) is 13.2. The fourth-order valence-corrected chi connectivity index (χ4v) is 3.77. The number of anilines is 1. The molecule has 0 aliphatic carbocycles. The Morgan fingerprint density at radius 3 is 2.39 bits per heavy atom. The first-order valence-electron chi connectivity index (χ1n) is 7.98. The molecule has 0 amide bonds. The summed E-state index contributed by atoms with van der Waals surface area (Å²) in [7, 11) is -3.93. The predicted molar refractivity (Wildman–Crippen MR) is 101 cm³/mol. The highest BCUT2D eigenvalue weighted by Crippen LogP contribution is 2.24. The number of sulfonamides is 1. The van der Waals surface area contributed by atoms with Crippen LogP contribution >= 0.6 is 0 Å². The van der Waals surface area contributed by atoms with E-state index in [1.165, 1.54) is 16.7 Å². The predicted octanol–water partition coefficient (Wildman–Crippen LogP) is 3.19. The maximum Gasteiger partial charge on any atom is 0.352 e. The van der Waals surface area contributed by atoms with Crippen molar-refractivity contribution in [1.29, 1.82) is 0 Å². The zero-order valence-electron chi connectivity index (χ0n) is 14.6. The number of benzene rings is 2. The highest BCUT2D eigenvalue weighted by molar-refractivity contribution is 7.92. The summed E-state index contributed by atoms with van der Waals surface area (Å²) in [5, 5.41) is 19.9. The van der Waals surface area contributed by atoms with Crippen molar-refractivity contribution in [1.82, 2.24) is 4.57 Å². The highest BCUT2D eigenvalue weighted by Gasteiger charge is 2.17. The molecule has 10 heteroatoms. The number of aromatic nitrogens is 1. The van der Waals surface area contributed by atoms with Gasteiger partial charge in [0.05, 0.1) is 9.82 Å². The van der Waals surface area contributed by atoms with Gasteiger partial charge < -0.3 is 9.67 Å². The van der Waals surface area contributed by atoms with Crippen LogP contribution in [0.3, 0.4) is 0 Å². The number of nitrogens with one attached hydrogen (secondary N) is 1. The van der Waals surface area contributed by atoms with E-state index in [-0.39, 0.29) is 22.0 Å². The molecular formula is C18H15N3O6S. The fourth-order valence-electron chi connectivity index (χ4n) is 2.72. The number of nitro groups is 1. The highest BCUT2D eigenvalue weighted by atomic mass is 32.2. The average Bonchev–Trinajstić information content (AvgIpc) is 3.11. The van der Waals surface area contributed by atoms with E-state index < -0.39 is 20.9 Å². The number of rotatable bonds is 6. The maximum absolute atomic E-state index is 12.5. The Bertz CT molecular complexity index is 1170. The molecule has 1 heterocycles. The van der Waals surface area contributed by atoms with Crippen LogP contribution in [-0.4, -0.2) is 29.0 Å². The molecule has 0 unspecified atom stereocenters. The van der Waals surface area contributed by atoms with Crippen LogP contribution in [0.2, 0.25) is 0 Å². The van der Waals surface area contributed by atoms with E-state index in [9.17, 15) is 28.4 Å². The Balaban J connectivity index is 1.89. The van der Waals surface area contributed by atoms with Gasteiger partial charge in [0.2, 0.25) is 0 Å². The number of nitro benzene ring substituents is 1. The van der Waals surface area contributed by atoms with E-state index in [0.29, 0.717) is 11.3 Å². The van der Waals surface area contributed by atoms with Crippen LogP contribution in [0.4, 0.5) is 11.4 Å². The number of carboxylic acid groups (broad SMARTS) is 1. The second kappa shape index (κ2) is 7.16. The van der Waals surface area contributed by atoms with Gasteiger partial charge in [0.15, 0.2) is 0 Å². The van der Waals surface area contributed by atoms with Gasteiger partial charge in [-0.1, -0.05) is 0 Å². The van der Waals surface area contributed by atoms with Gasteiger partial charge in [-0.15, -0.1) is 0 Å². The molecule has 144 valence electrons. The van der Waals surface area contributed by atoms with E-state index >= 15 is 0 Å². The molecule has 2 aromatic carbocycles. The van der Waals surface area contributed by atoms with E-state index in [2.05, 4.69) is 4.72 Å². The minimum absolute atomic E-state index is 0.0855. The topological polar surface area (TPSA) is 132 Å². The quantitative estimate of drug-likeness (QED) is 0.482. The Labute approximate surface area is 160 Å². The SMILES string of the molecule is Cc1cc(NS(=O)(=O)c2ccc([N+](=O)[O-])cc2)ccc1-n1cccc1C(=O)O. The minimum Gasteiger partial charge on any atom is -0.477 e.